The van der Waals surface area contributed by atoms with E-state index in [4.69, 9.17) is 33.9 Å². The molecule has 4 aliphatic rings. The van der Waals surface area contributed by atoms with Gasteiger partial charge in [-0.25, -0.2) is 28.9 Å². The van der Waals surface area contributed by atoms with Crippen molar-refractivity contribution in [2.24, 2.45) is 11.8 Å². The van der Waals surface area contributed by atoms with Gasteiger partial charge in [-0.3, -0.25) is 14.2 Å². The number of benzene rings is 2. The van der Waals surface area contributed by atoms with Gasteiger partial charge in [-0.1, -0.05) is 33.8 Å². The monoisotopic (exact) mass is 1020 g/mol. The number of hydrogen-bond acceptors (Lipinski definition) is 12. The molecule has 73 heavy (non-hydrogen) atoms. The van der Waals surface area contributed by atoms with E-state index in [9.17, 15) is 19.2 Å². The molecular formula is C53H63FN10O8S. The fourth-order valence-electron chi connectivity index (χ4n) is 11.1. The summed E-state index contributed by atoms with van der Waals surface area (Å²) in [4.78, 5) is 78.9. The second kappa shape index (κ2) is 19.9. The van der Waals surface area contributed by atoms with Crippen LogP contribution in [-0.4, -0.2) is 115 Å². The number of aromatic nitrogens is 6. The first-order valence-corrected chi connectivity index (χ1v) is 26.0. The summed E-state index contributed by atoms with van der Waals surface area (Å²) in [7, 11) is 2.56. The Morgan fingerprint density at radius 1 is 0.822 bits per heavy atom. The van der Waals surface area contributed by atoms with E-state index in [1.807, 2.05) is 73.7 Å². The number of aromatic amines is 2. The van der Waals surface area contributed by atoms with Crippen LogP contribution in [0, 0.1) is 17.7 Å². The average molecular weight is 1020 g/mol. The number of hydrogen-bond donors (Lipinski definition) is 4. The van der Waals surface area contributed by atoms with Crippen LogP contribution in [0.15, 0.2) is 55.0 Å². The summed E-state index contributed by atoms with van der Waals surface area (Å²) in [6.45, 7) is 13.5. The van der Waals surface area contributed by atoms with Crippen molar-refractivity contribution in [3.05, 3.63) is 82.3 Å². The molecule has 4 amide bonds. The predicted octanol–water partition coefficient (Wildman–Crippen LogP) is 9.38. The third kappa shape index (κ3) is 9.54. The average Bonchev–Trinajstić information content (AvgIpc) is 4.23. The first kappa shape index (κ1) is 49.8. The number of halogens is 1. The summed E-state index contributed by atoms with van der Waals surface area (Å²) in [5, 5.41) is 7.11. The number of carbonyl (C=O) groups is 4. The van der Waals surface area contributed by atoms with E-state index < -0.39 is 41.9 Å². The van der Waals surface area contributed by atoms with Crippen molar-refractivity contribution in [3.8, 4) is 39.5 Å². The van der Waals surface area contributed by atoms with Crippen LogP contribution in [0.1, 0.15) is 126 Å². The number of likely N-dealkylation sites (tertiary alicyclic amines) is 2. The van der Waals surface area contributed by atoms with Crippen LogP contribution < -0.4 is 15.4 Å². The molecule has 4 aliphatic heterocycles. The first-order valence-electron chi connectivity index (χ1n) is 25.2. The zero-order valence-electron chi connectivity index (χ0n) is 42.4. The molecule has 4 N–H and O–H groups in total. The van der Waals surface area contributed by atoms with Crippen molar-refractivity contribution in [1.29, 1.82) is 0 Å². The summed E-state index contributed by atoms with van der Waals surface area (Å²) >= 11 is 1.56. The number of imidazole rings is 2. The number of ether oxygens (including phenoxy) is 4. The van der Waals surface area contributed by atoms with Gasteiger partial charge in [0, 0.05) is 47.3 Å². The first-order chi connectivity index (χ1) is 35.0. The normalized spacial score (nSPS) is 21.2. The number of alkyl carbamates (subject to hydrolysis) is 2. The Bertz CT molecular complexity index is 3070. The van der Waals surface area contributed by atoms with Gasteiger partial charge in [0.15, 0.2) is 5.01 Å². The number of thiazole rings is 1. The Hall–Kier alpha value is -6.80. The molecule has 3 saturated heterocycles. The van der Waals surface area contributed by atoms with Crippen molar-refractivity contribution < 1.29 is 42.5 Å². The van der Waals surface area contributed by atoms with Crippen LogP contribution in [0.3, 0.4) is 0 Å². The minimum atomic E-state index is -0.780. The van der Waals surface area contributed by atoms with E-state index >= 15 is 4.39 Å². The Labute approximate surface area is 426 Å². The maximum Gasteiger partial charge on any atom is 0.407 e. The van der Waals surface area contributed by atoms with Gasteiger partial charge in [-0.15, -0.1) is 11.3 Å². The molecule has 6 aromatic rings. The largest absolute Gasteiger partial charge is 0.462 e. The summed E-state index contributed by atoms with van der Waals surface area (Å²) in [5.74, 6) is 0.600. The molecule has 8 heterocycles. The van der Waals surface area contributed by atoms with Crippen molar-refractivity contribution in [1.82, 2.24) is 49.9 Å². The fourth-order valence-corrected chi connectivity index (χ4v) is 12.0. The van der Waals surface area contributed by atoms with Gasteiger partial charge in [0.25, 0.3) is 0 Å². The van der Waals surface area contributed by atoms with Crippen molar-refractivity contribution in [2.75, 3.05) is 33.9 Å². The molecule has 0 bridgehead atoms. The Kier molecular flexibility index (Phi) is 13.6. The number of methoxy groups -OCH3 is 2. The summed E-state index contributed by atoms with van der Waals surface area (Å²) in [5.41, 5.74) is 4.00. The molecule has 3 fully saturated rings. The van der Waals surface area contributed by atoms with Gasteiger partial charge in [0.05, 0.1) is 72.5 Å². The van der Waals surface area contributed by atoms with Gasteiger partial charge in [0.1, 0.15) is 35.3 Å². The lowest BCUT2D eigenvalue weighted by atomic mass is 9.82. The number of H-pyrrole nitrogens is 2. The predicted molar refractivity (Wildman–Crippen MR) is 271 cm³/mol. The standard InChI is InChI=1S/C53H63FN10O8S/c1-27(2)41-26-57-47(73-41)50-64-36-14-13-29(34-24-55-45(58-34)38-12-10-17-63(38)49(66)44(61-52(68)70-8)30-15-18-71-53(5,6)23-30)19-32(36)21-39(64)42-33(54)20-31(22-40(42)72-50)35-25-56-46(59-35)37-11-9-16-62(37)48(65)43(28(3)4)60-51(67)69-7/h13-14,19-22,24-28,30,37-38,43-44,50H,9-12,15-18,23H2,1-8H3,(H,55,58)(H,56,59)(H,60,67)(H,61,68)/t30?,37-,38-,43-,44?,50?/m0/s1. The van der Waals surface area contributed by atoms with Crippen LogP contribution in [0.4, 0.5) is 14.0 Å². The second-order valence-corrected chi connectivity index (χ2v) is 21.9. The maximum atomic E-state index is 17.0. The van der Waals surface area contributed by atoms with E-state index in [0.29, 0.717) is 85.3 Å². The highest BCUT2D eigenvalue weighted by Gasteiger charge is 2.44. The van der Waals surface area contributed by atoms with E-state index in [2.05, 4.69) is 34.4 Å². The van der Waals surface area contributed by atoms with Crippen LogP contribution >= 0.6 is 11.3 Å². The molecule has 0 aliphatic carbocycles. The number of amides is 4. The highest BCUT2D eigenvalue weighted by atomic mass is 32.1. The van der Waals surface area contributed by atoms with Crippen molar-refractivity contribution in [2.45, 2.75) is 122 Å². The highest BCUT2D eigenvalue weighted by molar-refractivity contribution is 7.11. The van der Waals surface area contributed by atoms with Gasteiger partial charge in [-0.2, -0.15) is 0 Å². The molecule has 2 aromatic carbocycles. The molecule has 0 saturated carbocycles. The van der Waals surface area contributed by atoms with Crippen LogP contribution in [0.25, 0.3) is 44.7 Å². The smallest absolute Gasteiger partial charge is 0.407 e. The minimum Gasteiger partial charge on any atom is -0.462 e. The molecule has 20 heteroatoms. The number of nitrogens with zero attached hydrogens (tertiary/aromatic N) is 6. The van der Waals surface area contributed by atoms with Crippen molar-refractivity contribution >= 4 is 46.2 Å². The van der Waals surface area contributed by atoms with E-state index in [1.54, 1.807) is 28.6 Å². The SMILES string of the molecule is COC(=O)NC(C(=O)N1CCC[C@H]1c1ncc(-c2ccc3c(c2)cc2n3C(c3ncc(C(C)C)s3)Oc3cc(-c4cnc([C@@H]5CCCN5C(=O)[C@@H](NC(=O)OC)C(C)C)[nH]4)cc(F)c3-2)[nH]1)C1CCOC(C)(C)C1. The van der Waals surface area contributed by atoms with E-state index in [0.717, 1.165) is 44.9 Å². The van der Waals surface area contributed by atoms with E-state index in [1.165, 1.54) is 20.3 Å². The molecule has 10 rings (SSSR count). The zero-order valence-corrected chi connectivity index (χ0v) is 43.2. The minimum absolute atomic E-state index is 0.134. The second-order valence-electron chi connectivity index (χ2n) is 20.8. The van der Waals surface area contributed by atoms with Gasteiger partial charge in [0.2, 0.25) is 18.0 Å². The molecule has 0 spiro atoms. The lowest BCUT2D eigenvalue weighted by Crippen LogP contribution is -2.54. The van der Waals surface area contributed by atoms with E-state index in [-0.39, 0.29) is 41.7 Å². The van der Waals surface area contributed by atoms with Crippen LogP contribution in [0.2, 0.25) is 0 Å². The lowest BCUT2D eigenvalue weighted by molar-refractivity contribution is -0.139. The van der Waals surface area contributed by atoms with Crippen LogP contribution in [-0.2, 0) is 23.8 Å². The lowest BCUT2D eigenvalue weighted by Gasteiger charge is -2.40. The Morgan fingerprint density at radius 3 is 2.11 bits per heavy atom. The zero-order chi connectivity index (χ0) is 51.5. The van der Waals surface area contributed by atoms with Gasteiger partial charge < -0.3 is 49.3 Å². The number of carbonyl (C=O) groups excluding carboxylic acids is 4. The van der Waals surface area contributed by atoms with Crippen molar-refractivity contribution in [3.63, 3.8) is 0 Å². The maximum absolute atomic E-state index is 17.0. The summed E-state index contributed by atoms with van der Waals surface area (Å²) in [6, 6.07) is 9.05. The molecule has 0 radical (unpaired) electrons. The Balaban J connectivity index is 0.953. The Morgan fingerprint density at radius 2 is 1.48 bits per heavy atom. The van der Waals surface area contributed by atoms with Gasteiger partial charge in [-0.05, 0) is 100 Å². The molecule has 18 nitrogen and oxygen atoms in total. The fraction of sp³-hybridized carbons (Fsp3) is 0.491. The number of nitrogens with one attached hydrogen (secondary N) is 4. The topological polar surface area (TPSA) is 211 Å². The highest BCUT2D eigenvalue weighted by Crippen LogP contribution is 2.48. The third-order valence-corrected chi connectivity index (χ3v) is 16.1. The summed E-state index contributed by atoms with van der Waals surface area (Å²) in [6.07, 6.45) is 7.40. The third-order valence-electron chi connectivity index (χ3n) is 14.8. The molecule has 6 atom stereocenters. The molecule has 4 aromatic heterocycles. The number of rotatable bonds is 12. The van der Waals surface area contributed by atoms with Gasteiger partial charge >= 0.3 is 12.2 Å². The molecular weight excluding hydrogens is 956 g/mol. The molecule has 3 unspecified atom stereocenters. The quantitative estimate of drug-likeness (QED) is 0.0907. The van der Waals surface area contributed by atoms with Crippen LogP contribution in [0.5, 0.6) is 5.75 Å². The number of fused-ring (bicyclic) bond motifs is 5. The molecule has 386 valence electrons. The summed E-state index contributed by atoms with van der Waals surface area (Å²) < 4.78 is 41.5.